The molecule has 106 valence electrons. The number of carbonyl (C=O) groups is 1. The number of nitrogens with zero attached hydrogens (tertiary/aromatic N) is 4. The molecule has 0 saturated heterocycles. The van der Waals surface area contributed by atoms with Crippen molar-refractivity contribution in [1.82, 2.24) is 14.3 Å². The van der Waals surface area contributed by atoms with Crippen molar-refractivity contribution in [1.29, 1.82) is 0 Å². The zero-order chi connectivity index (χ0) is 15.0. The molecule has 0 saturated carbocycles. The van der Waals surface area contributed by atoms with Crippen molar-refractivity contribution in [3.05, 3.63) is 40.6 Å². The fourth-order valence-corrected chi connectivity index (χ4v) is 2.27. The summed E-state index contributed by atoms with van der Waals surface area (Å²) in [5, 5.41) is 0. The van der Waals surface area contributed by atoms with Gasteiger partial charge in [-0.25, -0.2) is 14.3 Å². The van der Waals surface area contributed by atoms with Gasteiger partial charge in [-0.15, -0.1) is 6.42 Å². The zero-order valence-corrected chi connectivity index (χ0v) is 11.3. The Morgan fingerprint density at radius 1 is 1.33 bits per heavy atom. The van der Waals surface area contributed by atoms with Gasteiger partial charge in [0.1, 0.15) is 12.3 Å². The summed E-state index contributed by atoms with van der Waals surface area (Å²) >= 11 is 0. The van der Waals surface area contributed by atoms with Gasteiger partial charge in [-0.2, -0.15) is 9.67 Å². The Bertz CT molecular complexity index is 795. The van der Waals surface area contributed by atoms with Gasteiger partial charge in [-0.1, -0.05) is 5.92 Å². The van der Waals surface area contributed by atoms with Crippen molar-refractivity contribution < 1.29 is 9.53 Å². The van der Waals surface area contributed by atoms with Crippen molar-refractivity contribution in [3.63, 3.8) is 0 Å². The zero-order valence-electron chi connectivity index (χ0n) is 11.3. The van der Waals surface area contributed by atoms with Crippen LogP contribution in [0.4, 0.5) is 10.5 Å². The highest BCUT2D eigenvalue weighted by molar-refractivity contribution is 5.95. The van der Waals surface area contributed by atoms with Gasteiger partial charge in [0.15, 0.2) is 5.82 Å². The topological polar surface area (TPSA) is 69.4 Å². The maximum absolute atomic E-state index is 12.4. The summed E-state index contributed by atoms with van der Waals surface area (Å²) in [7, 11) is 1.57. The first-order valence-electron chi connectivity index (χ1n) is 6.24. The Morgan fingerprint density at radius 3 is 2.67 bits per heavy atom. The fraction of sp³-hybridized carbons (Fsp3) is 0.214. The first kappa shape index (κ1) is 13.0. The average Bonchev–Trinajstić information content (AvgIpc) is 2.97. The van der Waals surface area contributed by atoms with E-state index in [0.717, 1.165) is 4.68 Å². The quantitative estimate of drug-likeness (QED) is 0.777. The Labute approximate surface area is 120 Å². The predicted molar refractivity (Wildman–Crippen MR) is 75.3 cm³/mol. The maximum atomic E-state index is 12.4. The van der Waals surface area contributed by atoms with E-state index in [2.05, 4.69) is 10.9 Å². The van der Waals surface area contributed by atoms with Crippen molar-refractivity contribution in [2.75, 3.05) is 12.0 Å². The summed E-state index contributed by atoms with van der Waals surface area (Å²) in [6.45, 7) is 0.242. The molecule has 1 aromatic carbocycles. The van der Waals surface area contributed by atoms with Gasteiger partial charge in [-0.05, 0) is 24.3 Å². The Hall–Kier alpha value is -3.01. The molecule has 1 aliphatic rings. The molecule has 3 rings (SSSR count). The normalized spacial score (nSPS) is 13.1. The molecule has 1 aromatic heterocycles. The van der Waals surface area contributed by atoms with Crippen LogP contribution < -0.4 is 15.3 Å². The number of ether oxygens (including phenoxy) is 1. The third-order valence-electron chi connectivity index (χ3n) is 3.27. The van der Waals surface area contributed by atoms with Crippen LogP contribution in [0.25, 0.3) is 0 Å². The Balaban J connectivity index is 1.97. The number of rotatable bonds is 3. The first-order chi connectivity index (χ1) is 10.2. The highest BCUT2D eigenvalue weighted by Gasteiger charge is 2.33. The van der Waals surface area contributed by atoms with Crippen molar-refractivity contribution in [3.8, 4) is 18.1 Å². The van der Waals surface area contributed by atoms with Crippen LogP contribution in [0.15, 0.2) is 29.1 Å². The highest BCUT2D eigenvalue weighted by atomic mass is 16.5. The second-order valence-corrected chi connectivity index (χ2v) is 4.45. The van der Waals surface area contributed by atoms with Gasteiger partial charge in [0.25, 0.3) is 0 Å². The van der Waals surface area contributed by atoms with Crippen LogP contribution >= 0.6 is 0 Å². The molecule has 0 unspecified atom stereocenters. The minimum atomic E-state index is -0.509. The van der Waals surface area contributed by atoms with Crippen LogP contribution in [0.2, 0.25) is 0 Å². The number of methoxy groups -OCH3 is 1. The Kier molecular flexibility index (Phi) is 2.99. The molecule has 0 atom stereocenters. The van der Waals surface area contributed by atoms with E-state index >= 15 is 0 Å². The number of aromatic nitrogens is 3. The molecule has 0 aliphatic carbocycles. The molecule has 0 radical (unpaired) electrons. The van der Waals surface area contributed by atoms with Gasteiger partial charge >= 0.3 is 11.7 Å². The third-order valence-corrected chi connectivity index (χ3v) is 3.27. The second kappa shape index (κ2) is 4.83. The van der Waals surface area contributed by atoms with Gasteiger partial charge in [0.05, 0.1) is 13.7 Å². The highest BCUT2D eigenvalue weighted by Crippen LogP contribution is 2.24. The molecule has 1 aliphatic heterocycles. The van der Waals surface area contributed by atoms with E-state index in [0.29, 0.717) is 17.3 Å². The largest absolute Gasteiger partial charge is 0.497 e. The lowest BCUT2D eigenvalue weighted by Crippen LogP contribution is -2.33. The van der Waals surface area contributed by atoms with Crippen LogP contribution in [0.3, 0.4) is 0 Å². The third kappa shape index (κ3) is 1.97. The molecule has 7 heteroatoms. The summed E-state index contributed by atoms with van der Waals surface area (Å²) in [5.74, 6) is 3.43. The van der Waals surface area contributed by atoms with Gasteiger partial charge in [0.2, 0.25) is 0 Å². The van der Waals surface area contributed by atoms with Gasteiger partial charge < -0.3 is 4.74 Å². The van der Waals surface area contributed by atoms with E-state index in [9.17, 15) is 9.59 Å². The van der Waals surface area contributed by atoms with E-state index in [1.165, 1.54) is 9.58 Å². The molecule has 0 spiro atoms. The average molecular weight is 284 g/mol. The fourth-order valence-electron chi connectivity index (χ4n) is 2.27. The molecule has 7 nitrogen and oxygen atoms in total. The molecule has 0 bridgehead atoms. The standard InChI is InChI=1S/C14H12N4O3/c1-3-8-17-13(19)15-12-9-16(14(20)18(12)17)10-4-6-11(21-2)7-5-10/h1,4-7H,8-9H2,2H3. The Morgan fingerprint density at radius 2 is 2.05 bits per heavy atom. The van der Waals surface area contributed by atoms with Gasteiger partial charge in [-0.3, -0.25) is 4.90 Å². The number of anilines is 1. The second-order valence-electron chi connectivity index (χ2n) is 4.45. The van der Waals surface area contributed by atoms with E-state index in [1.807, 2.05) is 0 Å². The first-order valence-corrected chi connectivity index (χ1v) is 6.24. The van der Waals surface area contributed by atoms with Crippen LogP contribution in [0, 0.1) is 12.3 Å². The van der Waals surface area contributed by atoms with Crippen molar-refractivity contribution in [2.45, 2.75) is 13.1 Å². The molecule has 1 amide bonds. The number of amides is 1. The molecular weight excluding hydrogens is 272 g/mol. The molecule has 21 heavy (non-hydrogen) atoms. The number of fused-ring (bicyclic) bond motifs is 1. The lowest BCUT2D eigenvalue weighted by molar-refractivity contribution is 0.245. The molecular formula is C14H12N4O3. The number of benzene rings is 1. The number of hydrogen-bond acceptors (Lipinski definition) is 4. The van der Waals surface area contributed by atoms with Crippen molar-refractivity contribution >= 4 is 11.7 Å². The minimum absolute atomic E-state index is 0.00796. The molecule has 2 heterocycles. The smallest absolute Gasteiger partial charge is 0.365 e. The van der Waals surface area contributed by atoms with E-state index in [4.69, 9.17) is 11.2 Å². The lowest BCUT2D eigenvalue weighted by Gasteiger charge is -2.15. The number of carbonyl (C=O) groups excluding carboxylic acids is 1. The van der Waals surface area contributed by atoms with E-state index in [-0.39, 0.29) is 19.1 Å². The summed E-state index contributed by atoms with van der Waals surface area (Å²) in [4.78, 5) is 29.5. The number of hydrogen-bond donors (Lipinski definition) is 0. The minimum Gasteiger partial charge on any atom is -0.497 e. The SMILES string of the molecule is C#CCn1c(=O)nc2n1C(=O)N(c1ccc(OC)cc1)C2. The van der Waals surface area contributed by atoms with Crippen LogP contribution in [0.1, 0.15) is 5.82 Å². The summed E-state index contributed by atoms with van der Waals surface area (Å²) in [6.07, 6.45) is 5.22. The van der Waals surface area contributed by atoms with Gasteiger partial charge in [0, 0.05) is 5.69 Å². The molecule has 2 aromatic rings. The number of terminal acetylenes is 1. The predicted octanol–water partition coefficient (Wildman–Crippen LogP) is 0.675. The van der Waals surface area contributed by atoms with Crippen LogP contribution in [0.5, 0.6) is 5.75 Å². The monoisotopic (exact) mass is 284 g/mol. The van der Waals surface area contributed by atoms with Crippen molar-refractivity contribution in [2.24, 2.45) is 0 Å². The summed E-state index contributed by atoms with van der Waals surface area (Å²) in [6, 6.07) is 6.72. The summed E-state index contributed by atoms with van der Waals surface area (Å²) in [5.41, 5.74) is 0.191. The van der Waals surface area contributed by atoms with E-state index < -0.39 is 5.69 Å². The van der Waals surface area contributed by atoms with Crippen LogP contribution in [-0.2, 0) is 13.1 Å². The molecule has 0 fully saturated rings. The summed E-state index contributed by atoms with van der Waals surface area (Å²) < 4.78 is 7.47. The maximum Gasteiger partial charge on any atom is 0.365 e. The molecule has 0 N–H and O–H groups in total. The van der Waals surface area contributed by atoms with Crippen LogP contribution in [-0.4, -0.2) is 27.5 Å². The van der Waals surface area contributed by atoms with E-state index in [1.54, 1.807) is 31.4 Å². The lowest BCUT2D eigenvalue weighted by atomic mass is 10.3.